The van der Waals surface area contributed by atoms with Crippen molar-refractivity contribution in [2.45, 2.75) is 38.3 Å². The monoisotopic (exact) mass is 367 g/mol. The maximum absolute atomic E-state index is 12.7. The molecule has 1 atom stereocenters. The molecule has 2 amide bonds. The van der Waals surface area contributed by atoms with Gasteiger partial charge in [-0.1, -0.05) is 18.6 Å². The Morgan fingerprint density at radius 1 is 1.07 bits per heavy atom. The second-order valence-corrected chi connectivity index (χ2v) is 7.55. The molecule has 2 aliphatic heterocycles. The number of rotatable bonds is 4. The van der Waals surface area contributed by atoms with E-state index in [1.54, 1.807) is 24.3 Å². The number of carbonyl (C=O) groups is 2. The maximum atomic E-state index is 12.7. The summed E-state index contributed by atoms with van der Waals surface area (Å²) in [7, 11) is 0. The first-order valence-corrected chi connectivity index (χ1v) is 9.58. The number of nitrogens with two attached hydrogens (primary N) is 1. The largest absolute Gasteiger partial charge is 0.451 e. The predicted molar refractivity (Wildman–Crippen MR) is 102 cm³/mol. The summed E-state index contributed by atoms with van der Waals surface area (Å²) in [5.74, 6) is 0.165. The molecule has 1 aromatic carbocycles. The number of likely N-dealkylation sites (tertiary alicyclic amines) is 2. The van der Waals surface area contributed by atoms with Crippen LogP contribution in [0.1, 0.15) is 47.1 Å². The number of furan rings is 1. The summed E-state index contributed by atoms with van der Waals surface area (Å²) < 4.78 is 5.43. The lowest BCUT2D eigenvalue weighted by Gasteiger charge is -2.49. The van der Waals surface area contributed by atoms with Crippen molar-refractivity contribution >= 4 is 11.8 Å². The number of piperidine rings is 1. The van der Waals surface area contributed by atoms with Gasteiger partial charge in [-0.2, -0.15) is 0 Å². The minimum Gasteiger partial charge on any atom is -0.451 e. The van der Waals surface area contributed by atoms with Gasteiger partial charge in [0, 0.05) is 36.3 Å². The molecule has 2 fully saturated rings. The fourth-order valence-corrected chi connectivity index (χ4v) is 4.08. The molecule has 2 aromatic rings. The zero-order valence-corrected chi connectivity index (χ0v) is 15.6. The van der Waals surface area contributed by atoms with Crippen molar-refractivity contribution in [3.05, 3.63) is 47.7 Å². The average Bonchev–Trinajstić information content (AvgIpc) is 3.12. The van der Waals surface area contributed by atoms with E-state index in [0.717, 1.165) is 25.2 Å². The third kappa shape index (κ3) is 3.49. The Balaban J connectivity index is 1.38. The Labute approximate surface area is 158 Å². The summed E-state index contributed by atoms with van der Waals surface area (Å²) in [6.45, 7) is 5.07. The number of hydrogen-bond acceptors (Lipinski definition) is 4. The van der Waals surface area contributed by atoms with E-state index in [-0.39, 0.29) is 11.7 Å². The van der Waals surface area contributed by atoms with Crippen LogP contribution >= 0.6 is 0 Å². The standard InChI is InChI=1S/C21H25N3O3/c1-14-4-2-3-11-24(14)17-12-23(13-17)21(26)16-7-5-15(6-8-16)18-9-10-19(27-18)20(22)25/h5-10,14,17H,2-4,11-13H2,1H3,(H2,22,25). The third-order valence-electron chi connectivity index (χ3n) is 5.74. The average molecular weight is 367 g/mol. The molecule has 2 saturated heterocycles. The highest BCUT2D eigenvalue weighted by molar-refractivity contribution is 5.95. The molecule has 4 rings (SSSR count). The van der Waals surface area contributed by atoms with Crippen molar-refractivity contribution in [3.8, 4) is 11.3 Å². The fraction of sp³-hybridized carbons (Fsp3) is 0.429. The van der Waals surface area contributed by atoms with Crippen molar-refractivity contribution in [3.63, 3.8) is 0 Å². The van der Waals surface area contributed by atoms with Crippen LogP contribution in [0.3, 0.4) is 0 Å². The SMILES string of the molecule is CC1CCCCN1C1CN(C(=O)c2ccc(-c3ccc(C(N)=O)o3)cc2)C1. The Bertz CT molecular complexity index is 837. The molecule has 0 spiro atoms. The van der Waals surface area contributed by atoms with Crippen LogP contribution in [0.15, 0.2) is 40.8 Å². The topological polar surface area (TPSA) is 79.8 Å². The van der Waals surface area contributed by atoms with E-state index in [4.69, 9.17) is 10.2 Å². The smallest absolute Gasteiger partial charge is 0.284 e. The summed E-state index contributed by atoms with van der Waals surface area (Å²) in [6.07, 6.45) is 3.84. The molecule has 6 heteroatoms. The normalized spacial score (nSPS) is 21.1. The van der Waals surface area contributed by atoms with Crippen molar-refractivity contribution < 1.29 is 14.0 Å². The van der Waals surface area contributed by atoms with Crippen LogP contribution in [0.25, 0.3) is 11.3 Å². The van der Waals surface area contributed by atoms with Gasteiger partial charge in [0.1, 0.15) is 5.76 Å². The summed E-state index contributed by atoms with van der Waals surface area (Å²) >= 11 is 0. The van der Waals surface area contributed by atoms with Crippen LogP contribution in [0, 0.1) is 0 Å². The predicted octanol–water partition coefficient (Wildman–Crippen LogP) is 2.74. The van der Waals surface area contributed by atoms with Gasteiger partial charge in [0.2, 0.25) is 0 Å². The van der Waals surface area contributed by atoms with Crippen molar-refractivity contribution in [1.82, 2.24) is 9.80 Å². The lowest BCUT2D eigenvalue weighted by atomic mass is 9.97. The van der Waals surface area contributed by atoms with Crippen molar-refractivity contribution in [2.24, 2.45) is 5.73 Å². The molecule has 142 valence electrons. The summed E-state index contributed by atoms with van der Waals surface area (Å²) in [4.78, 5) is 28.3. The van der Waals surface area contributed by atoms with Crippen molar-refractivity contribution in [1.29, 1.82) is 0 Å². The molecular weight excluding hydrogens is 342 g/mol. The van der Waals surface area contributed by atoms with Gasteiger partial charge in [0.15, 0.2) is 5.76 Å². The molecule has 27 heavy (non-hydrogen) atoms. The minimum atomic E-state index is -0.594. The van der Waals surface area contributed by atoms with Gasteiger partial charge in [-0.3, -0.25) is 14.5 Å². The van der Waals surface area contributed by atoms with E-state index in [9.17, 15) is 9.59 Å². The molecule has 0 aliphatic carbocycles. The summed E-state index contributed by atoms with van der Waals surface area (Å²) in [6, 6.07) is 11.7. The maximum Gasteiger partial charge on any atom is 0.284 e. The number of nitrogens with zero attached hydrogens (tertiary/aromatic N) is 2. The summed E-state index contributed by atoms with van der Waals surface area (Å²) in [5, 5.41) is 0. The lowest BCUT2D eigenvalue weighted by molar-refractivity contribution is 0.00213. The van der Waals surface area contributed by atoms with Gasteiger partial charge >= 0.3 is 0 Å². The Morgan fingerprint density at radius 3 is 2.44 bits per heavy atom. The highest BCUT2D eigenvalue weighted by atomic mass is 16.3. The van der Waals surface area contributed by atoms with Crippen LogP contribution in [0.4, 0.5) is 0 Å². The first-order valence-electron chi connectivity index (χ1n) is 9.58. The van der Waals surface area contributed by atoms with Crippen LogP contribution < -0.4 is 5.73 Å². The second kappa shape index (κ2) is 7.19. The third-order valence-corrected chi connectivity index (χ3v) is 5.74. The van der Waals surface area contributed by atoms with Gasteiger partial charge in [-0.05, 0) is 50.6 Å². The first-order chi connectivity index (χ1) is 13.0. The van der Waals surface area contributed by atoms with Crippen LogP contribution in [0.2, 0.25) is 0 Å². The molecule has 3 heterocycles. The minimum absolute atomic E-state index is 0.0692. The Kier molecular flexibility index (Phi) is 4.74. The van der Waals surface area contributed by atoms with Crippen molar-refractivity contribution in [2.75, 3.05) is 19.6 Å². The number of hydrogen-bond donors (Lipinski definition) is 1. The lowest BCUT2D eigenvalue weighted by Crippen LogP contribution is -2.63. The number of benzene rings is 1. The van der Waals surface area contributed by atoms with E-state index < -0.39 is 5.91 Å². The van der Waals surface area contributed by atoms with Gasteiger partial charge in [-0.15, -0.1) is 0 Å². The van der Waals surface area contributed by atoms with Gasteiger partial charge in [0.25, 0.3) is 11.8 Å². The molecule has 0 bridgehead atoms. The quantitative estimate of drug-likeness (QED) is 0.901. The van der Waals surface area contributed by atoms with E-state index in [0.29, 0.717) is 23.4 Å². The highest BCUT2D eigenvalue weighted by Crippen LogP contribution is 2.27. The molecule has 1 unspecified atom stereocenters. The molecule has 2 N–H and O–H groups in total. The number of primary amides is 1. The number of carbonyl (C=O) groups excluding carboxylic acids is 2. The first kappa shape index (κ1) is 17.8. The van der Waals surface area contributed by atoms with Gasteiger partial charge in [0.05, 0.1) is 0 Å². The van der Waals surface area contributed by atoms with E-state index in [1.807, 2.05) is 17.0 Å². The van der Waals surface area contributed by atoms with Gasteiger partial charge < -0.3 is 15.1 Å². The zero-order valence-electron chi connectivity index (χ0n) is 15.6. The van der Waals surface area contributed by atoms with E-state index in [2.05, 4.69) is 11.8 Å². The molecule has 0 saturated carbocycles. The van der Waals surface area contributed by atoms with Crippen LogP contribution in [0.5, 0.6) is 0 Å². The second-order valence-electron chi connectivity index (χ2n) is 7.55. The molecule has 2 aliphatic rings. The Morgan fingerprint density at radius 2 is 1.81 bits per heavy atom. The molecule has 1 aromatic heterocycles. The highest BCUT2D eigenvalue weighted by Gasteiger charge is 2.37. The van der Waals surface area contributed by atoms with E-state index >= 15 is 0 Å². The molecular formula is C21H25N3O3. The zero-order chi connectivity index (χ0) is 19.0. The number of amides is 2. The van der Waals surface area contributed by atoms with E-state index in [1.165, 1.54) is 19.3 Å². The van der Waals surface area contributed by atoms with Crippen LogP contribution in [-0.4, -0.2) is 53.3 Å². The fourth-order valence-electron chi connectivity index (χ4n) is 4.08. The Hall–Kier alpha value is -2.60. The summed E-state index contributed by atoms with van der Waals surface area (Å²) in [5.41, 5.74) is 6.69. The molecule has 0 radical (unpaired) electrons. The van der Waals surface area contributed by atoms with Gasteiger partial charge in [-0.25, -0.2) is 0 Å². The van der Waals surface area contributed by atoms with Crippen LogP contribution in [-0.2, 0) is 0 Å². The molecule has 6 nitrogen and oxygen atoms in total.